The third-order valence-corrected chi connectivity index (χ3v) is 4.72. The summed E-state index contributed by atoms with van der Waals surface area (Å²) in [4.78, 5) is 12.3. The Balaban J connectivity index is 2.04. The third-order valence-electron chi connectivity index (χ3n) is 2.55. The molecule has 0 atom stereocenters. The van der Waals surface area contributed by atoms with E-state index in [-0.39, 0.29) is 5.91 Å². The lowest BCUT2D eigenvalue weighted by Crippen LogP contribution is -2.13. The van der Waals surface area contributed by atoms with Crippen LogP contribution < -0.4 is 10.1 Å². The Bertz CT molecular complexity index is 651. The van der Waals surface area contributed by atoms with Crippen LogP contribution in [0, 0.1) is 0 Å². The number of methoxy groups -OCH3 is 2. The highest BCUT2D eigenvalue weighted by atomic mass is 35.5. The van der Waals surface area contributed by atoms with Gasteiger partial charge in [-0.2, -0.15) is 0 Å². The molecule has 0 radical (unpaired) electrons. The van der Waals surface area contributed by atoms with Crippen LogP contribution in [0.15, 0.2) is 22.5 Å². The molecule has 1 aromatic heterocycles. The fourth-order valence-electron chi connectivity index (χ4n) is 1.55. The van der Waals surface area contributed by atoms with Crippen molar-refractivity contribution in [2.24, 2.45) is 0 Å². The summed E-state index contributed by atoms with van der Waals surface area (Å²) in [5.41, 5.74) is 0.346. The van der Waals surface area contributed by atoms with Crippen molar-refractivity contribution in [1.29, 1.82) is 0 Å². The van der Waals surface area contributed by atoms with Crippen molar-refractivity contribution in [2.45, 2.75) is 4.34 Å². The molecule has 0 aliphatic rings. The van der Waals surface area contributed by atoms with E-state index in [4.69, 9.17) is 21.1 Å². The van der Waals surface area contributed by atoms with E-state index in [9.17, 15) is 4.79 Å². The summed E-state index contributed by atoms with van der Waals surface area (Å²) in [6.07, 6.45) is 0. The SMILES string of the molecule is COCCSc1nnc(NC(=O)c2cc(Cl)ccc2OC)s1. The molecule has 1 heterocycles. The Morgan fingerprint density at radius 1 is 1.41 bits per heavy atom. The van der Waals surface area contributed by atoms with Gasteiger partial charge in [-0.15, -0.1) is 10.2 Å². The molecule has 9 heteroatoms. The van der Waals surface area contributed by atoms with Crippen molar-refractivity contribution < 1.29 is 14.3 Å². The molecule has 0 aliphatic heterocycles. The molecule has 0 fully saturated rings. The zero-order chi connectivity index (χ0) is 15.9. The van der Waals surface area contributed by atoms with Gasteiger partial charge in [-0.25, -0.2) is 0 Å². The van der Waals surface area contributed by atoms with Crippen LogP contribution in [0.4, 0.5) is 5.13 Å². The minimum absolute atomic E-state index is 0.344. The first-order chi connectivity index (χ1) is 10.6. The largest absolute Gasteiger partial charge is 0.496 e. The first-order valence-corrected chi connectivity index (χ1v) is 8.42. The number of hydrogen-bond donors (Lipinski definition) is 1. The molecule has 6 nitrogen and oxygen atoms in total. The fourth-order valence-corrected chi connectivity index (χ4v) is 3.44. The molecule has 0 unspecified atom stereocenters. The Hall–Kier alpha value is -1.35. The molecule has 0 saturated carbocycles. The number of aromatic nitrogens is 2. The second kappa shape index (κ2) is 8.33. The molecule has 1 N–H and O–H groups in total. The minimum Gasteiger partial charge on any atom is -0.496 e. The Morgan fingerprint density at radius 2 is 2.23 bits per heavy atom. The number of nitrogens with one attached hydrogen (secondary N) is 1. The number of nitrogens with zero attached hydrogens (tertiary/aromatic N) is 2. The summed E-state index contributed by atoms with van der Waals surface area (Å²) in [5, 5.41) is 11.5. The van der Waals surface area contributed by atoms with Gasteiger partial charge in [0.15, 0.2) is 4.34 Å². The Kier molecular flexibility index (Phi) is 6.44. The molecule has 2 rings (SSSR count). The van der Waals surface area contributed by atoms with Crippen molar-refractivity contribution in [3.63, 3.8) is 0 Å². The highest BCUT2D eigenvalue weighted by Gasteiger charge is 2.15. The van der Waals surface area contributed by atoms with Crippen molar-refractivity contribution in [3.8, 4) is 5.75 Å². The predicted molar refractivity (Wildman–Crippen MR) is 88.5 cm³/mol. The molecule has 0 bridgehead atoms. The predicted octanol–water partition coefficient (Wildman–Crippen LogP) is 3.19. The second-order valence-corrected chi connectivity index (χ2v) is 6.77. The van der Waals surface area contributed by atoms with Gasteiger partial charge in [-0.05, 0) is 18.2 Å². The topological polar surface area (TPSA) is 73.3 Å². The molecule has 118 valence electrons. The van der Waals surface area contributed by atoms with Gasteiger partial charge in [0.2, 0.25) is 5.13 Å². The molecule has 22 heavy (non-hydrogen) atoms. The van der Waals surface area contributed by atoms with Gasteiger partial charge < -0.3 is 9.47 Å². The van der Waals surface area contributed by atoms with E-state index in [0.717, 1.165) is 10.1 Å². The lowest BCUT2D eigenvalue weighted by molar-refractivity contribution is 0.102. The number of anilines is 1. The number of hydrogen-bond acceptors (Lipinski definition) is 7. The summed E-state index contributed by atoms with van der Waals surface area (Å²) < 4.78 is 10.9. The Morgan fingerprint density at radius 3 is 2.95 bits per heavy atom. The average molecular weight is 360 g/mol. The minimum atomic E-state index is -0.344. The Labute approximate surface area is 141 Å². The highest BCUT2D eigenvalue weighted by Crippen LogP contribution is 2.27. The van der Waals surface area contributed by atoms with E-state index in [0.29, 0.717) is 28.1 Å². The molecule has 0 aliphatic carbocycles. The number of rotatable bonds is 7. The van der Waals surface area contributed by atoms with E-state index in [1.807, 2.05) is 0 Å². The van der Waals surface area contributed by atoms with Crippen molar-refractivity contribution in [2.75, 3.05) is 31.9 Å². The average Bonchev–Trinajstić information content (AvgIpc) is 2.95. The van der Waals surface area contributed by atoms with E-state index in [1.54, 1.807) is 25.3 Å². The normalized spacial score (nSPS) is 10.5. The number of benzene rings is 1. The first kappa shape index (κ1) is 17.0. The molecule has 1 amide bonds. The van der Waals surface area contributed by atoms with E-state index < -0.39 is 0 Å². The van der Waals surface area contributed by atoms with Crippen LogP contribution in [0.1, 0.15) is 10.4 Å². The van der Waals surface area contributed by atoms with Gasteiger partial charge in [0.1, 0.15) is 5.75 Å². The maximum atomic E-state index is 12.3. The van der Waals surface area contributed by atoms with E-state index in [2.05, 4.69) is 15.5 Å². The number of ether oxygens (including phenoxy) is 2. The van der Waals surface area contributed by atoms with Gasteiger partial charge in [0, 0.05) is 17.9 Å². The molecule has 2 aromatic rings. The van der Waals surface area contributed by atoms with Gasteiger partial charge in [-0.3, -0.25) is 10.1 Å². The zero-order valence-corrected chi connectivity index (χ0v) is 14.3. The van der Waals surface area contributed by atoms with Gasteiger partial charge in [0.05, 0.1) is 19.3 Å². The third kappa shape index (κ3) is 4.57. The molecule has 1 aromatic carbocycles. The van der Waals surface area contributed by atoms with E-state index in [1.165, 1.54) is 30.2 Å². The maximum absolute atomic E-state index is 12.3. The number of amides is 1. The van der Waals surface area contributed by atoms with Crippen LogP contribution in [-0.4, -0.2) is 42.7 Å². The lowest BCUT2D eigenvalue weighted by Gasteiger charge is -2.07. The quantitative estimate of drug-likeness (QED) is 0.465. The van der Waals surface area contributed by atoms with Crippen LogP contribution in [0.25, 0.3) is 0 Å². The van der Waals surface area contributed by atoms with Gasteiger partial charge >= 0.3 is 0 Å². The smallest absolute Gasteiger partial charge is 0.261 e. The van der Waals surface area contributed by atoms with Crippen LogP contribution in [0.5, 0.6) is 5.75 Å². The standard InChI is InChI=1S/C13H14ClN3O3S2/c1-19-5-6-21-13-17-16-12(22-13)15-11(18)9-7-8(14)3-4-10(9)20-2/h3-4,7H,5-6H2,1-2H3,(H,15,16,18). The van der Waals surface area contributed by atoms with Crippen molar-refractivity contribution in [1.82, 2.24) is 10.2 Å². The van der Waals surface area contributed by atoms with Gasteiger partial charge in [0.25, 0.3) is 5.91 Å². The fraction of sp³-hybridized carbons (Fsp3) is 0.308. The number of carbonyl (C=O) groups excluding carboxylic acids is 1. The van der Waals surface area contributed by atoms with E-state index >= 15 is 0 Å². The zero-order valence-electron chi connectivity index (χ0n) is 12.0. The number of thioether (sulfide) groups is 1. The number of halogens is 1. The summed E-state index contributed by atoms with van der Waals surface area (Å²) in [7, 11) is 3.14. The molecule has 0 saturated heterocycles. The summed E-state index contributed by atoms with van der Waals surface area (Å²) in [5.74, 6) is 0.881. The molecular formula is C13H14ClN3O3S2. The van der Waals surface area contributed by atoms with Gasteiger partial charge in [-0.1, -0.05) is 34.7 Å². The highest BCUT2D eigenvalue weighted by molar-refractivity contribution is 8.01. The molecular weight excluding hydrogens is 346 g/mol. The van der Waals surface area contributed by atoms with Crippen LogP contribution in [0.3, 0.4) is 0 Å². The monoisotopic (exact) mass is 359 g/mol. The summed E-state index contributed by atoms with van der Waals surface area (Å²) >= 11 is 8.74. The van der Waals surface area contributed by atoms with Crippen LogP contribution >= 0.6 is 34.7 Å². The van der Waals surface area contributed by atoms with Crippen LogP contribution in [-0.2, 0) is 4.74 Å². The summed E-state index contributed by atoms with van der Waals surface area (Å²) in [6, 6.07) is 4.85. The van der Waals surface area contributed by atoms with Crippen molar-refractivity contribution >= 4 is 45.7 Å². The number of carbonyl (C=O) groups is 1. The van der Waals surface area contributed by atoms with Crippen molar-refractivity contribution in [3.05, 3.63) is 28.8 Å². The molecule has 0 spiro atoms. The first-order valence-electron chi connectivity index (χ1n) is 6.24. The lowest BCUT2D eigenvalue weighted by atomic mass is 10.2. The summed E-state index contributed by atoms with van der Waals surface area (Å²) in [6.45, 7) is 0.631. The van der Waals surface area contributed by atoms with Crippen LogP contribution in [0.2, 0.25) is 5.02 Å². The maximum Gasteiger partial charge on any atom is 0.261 e. The second-order valence-electron chi connectivity index (χ2n) is 4.01.